The van der Waals surface area contributed by atoms with Crippen LogP contribution < -0.4 is 0 Å². The van der Waals surface area contributed by atoms with Crippen LogP contribution in [-0.4, -0.2) is 93.8 Å². The van der Waals surface area contributed by atoms with Gasteiger partial charge in [0.15, 0.2) is 0 Å². The smallest absolute Gasteiger partial charge is 0.209 e. The summed E-state index contributed by atoms with van der Waals surface area (Å²) in [6.07, 6.45) is -0.733. The summed E-state index contributed by atoms with van der Waals surface area (Å²) in [5, 5.41) is 38.7. The van der Waals surface area contributed by atoms with Crippen molar-refractivity contribution in [3.8, 4) is 0 Å². The van der Waals surface area contributed by atoms with Gasteiger partial charge in [-0.1, -0.05) is 0 Å². The number of hydrogen-bond donors (Lipinski definition) is 4. The lowest BCUT2D eigenvalue weighted by Gasteiger charge is -2.45. The molecule has 7 nitrogen and oxygen atoms in total. The molecule has 2 heterocycles. The number of likely N-dealkylation sites (tertiary alicyclic amines) is 2. The molecule has 2 saturated heterocycles. The average molecular weight is 288 g/mol. The quantitative estimate of drug-likeness (QED) is 0.431. The Hall–Kier alpha value is -0.730. The molecule has 0 aromatic heterocycles. The first-order chi connectivity index (χ1) is 9.56. The Morgan fingerprint density at radius 3 is 2.30 bits per heavy atom. The van der Waals surface area contributed by atoms with Crippen molar-refractivity contribution in [2.45, 2.75) is 37.2 Å². The minimum Gasteiger partial charge on any atom is -0.395 e. The third kappa shape index (κ3) is 3.29. The molecule has 20 heavy (non-hydrogen) atoms. The van der Waals surface area contributed by atoms with Crippen LogP contribution in [0.15, 0.2) is 0 Å². The van der Waals surface area contributed by atoms with Gasteiger partial charge in [0.2, 0.25) is 6.41 Å². The molecular weight excluding hydrogens is 264 g/mol. The maximum atomic E-state index is 10.7. The lowest BCUT2D eigenvalue weighted by atomic mass is 9.90. The van der Waals surface area contributed by atoms with Crippen molar-refractivity contribution in [2.24, 2.45) is 5.92 Å². The highest BCUT2D eigenvalue weighted by atomic mass is 16.4. The molecule has 2 aliphatic heterocycles. The molecule has 2 rings (SSSR count). The molecule has 1 amide bonds. The van der Waals surface area contributed by atoms with Crippen molar-refractivity contribution < 1.29 is 25.2 Å². The zero-order valence-electron chi connectivity index (χ0n) is 11.5. The molecular formula is C13H24N2O5. The van der Waals surface area contributed by atoms with Gasteiger partial charge >= 0.3 is 0 Å². The molecule has 0 saturated carbocycles. The summed E-state index contributed by atoms with van der Waals surface area (Å²) in [5.41, 5.74) is 0. The van der Waals surface area contributed by atoms with Crippen LogP contribution in [0.25, 0.3) is 0 Å². The monoisotopic (exact) mass is 288 g/mol. The maximum Gasteiger partial charge on any atom is 0.209 e. The van der Waals surface area contributed by atoms with Gasteiger partial charge in [-0.25, -0.2) is 0 Å². The van der Waals surface area contributed by atoms with Crippen LogP contribution in [0.1, 0.15) is 12.8 Å². The number of carbonyl (C=O) groups excluding carboxylic acids is 1. The molecule has 0 unspecified atom stereocenters. The van der Waals surface area contributed by atoms with E-state index in [9.17, 15) is 25.2 Å². The number of amides is 1. The molecule has 2 fully saturated rings. The van der Waals surface area contributed by atoms with Crippen molar-refractivity contribution in [1.29, 1.82) is 0 Å². The molecule has 0 aliphatic carbocycles. The normalized spacial score (nSPS) is 37.1. The molecule has 0 aromatic carbocycles. The van der Waals surface area contributed by atoms with Gasteiger partial charge in [-0.2, -0.15) is 0 Å². The number of carbonyl (C=O) groups is 1. The van der Waals surface area contributed by atoms with Crippen LogP contribution in [0.3, 0.4) is 0 Å². The highest BCUT2D eigenvalue weighted by Crippen LogP contribution is 2.24. The van der Waals surface area contributed by atoms with E-state index in [0.29, 0.717) is 12.5 Å². The number of piperidine rings is 2. The van der Waals surface area contributed by atoms with Gasteiger partial charge < -0.3 is 25.3 Å². The van der Waals surface area contributed by atoms with Crippen LogP contribution >= 0.6 is 0 Å². The van der Waals surface area contributed by atoms with E-state index in [4.69, 9.17) is 0 Å². The third-order valence-electron chi connectivity index (χ3n) is 4.51. The molecule has 0 aromatic rings. The van der Waals surface area contributed by atoms with Gasteiger partial charge in [0.05, 0.1) is 18.8 Å². The topological polar surface area (TPSA) is 104 Å². The summed E-state index contributed by atoms with van der Waals surface area (Å²) in [5.74, 6) is 0.370. The Balaban J connectivity index is 1.92. The summed E-state index contributed by atoms with van der Waals surface area (Å²) in [7, 11) is 0. The minimum absolute atomic E-state index is 0.247. The number of nitrogens with zero attached hydrogens (tertiary/aromatic N) is 2. The Morgan fingerprint density at radius 1 is 1.10 bits per heavy atom. The Labute approximate surface area is 118 Å². The van der Waals surface area contributed by atoms with Crippen LogP contribution in [0.4, 0.5) is 0 Å². The van der Waals surface area contributed by atoms with Gasteiger partial charge in [0.1, 0.15) is 12.2 Å². The van der Waals surface area contributed by atoms with Crippen molar-refractivity contribution in [2.75, 3.05) is 32.8 Å². The molecule has 7 heteroatoms. The maximum absolute atomic E-state index is 10.7. The van der Waals surface area contributed by atoms with Crippen molar-refractivity contribution in [1.82, 2.24) is 9.80 Å². The number of aliphatic hydroxyl groups is 4. The highest BCUT2D eigenvalue weighted by Gasteiger charge is 2.41. The summed E-state index contributed by atoms with van der Waals surface area (Å²) >= 11 is 0. The van der Waals surface area contributed by atoms with E-state index in [2.05, 4.69) is 0 Å². The summed E-state index contributed by atoms with van der Waals surface area (Å²) in [6.45, 7) is 2.09. The zero-order valence-corrected chi connectivity index (χ0v) is 11.5. The van der Waals surface area contributed by atoms with Gasteiger partial charge in [0.25, 0.3) is 0 Å². The minimum atomic E-state index is -1.21. The largest absolute Gasteiger partial charge is 0.395 e. The van der Waals surface area contributed by atoms with Crippen LogP contribution in [0, 0.1) is 5.92 Å². The standard InChI is InChI=1S/C13H24N2O5/c16-7-10-12(19)13(20)11(18)6-15(10)5-9-1-3-14(8-17)4-2-9/h8-13,16,18-20H,1-7H2/t10-,11+,12-,13-/m1/s1. The molecule has 0 radical (unpaired) electrons. The fraction of sp³-hybridized carbons (Fsp3) is 0.923. The lowest BCUT2D eigenvalue weighted by Crippen LogP contribution is -2.63. The van der Waals surface area contributed by atoms with E-state index in [-0.39, 0.29) is 13.2 Å². The predicted octanol–water partition coefficient (Wildman–Crippen LogP) is -2.39. The fourth-order valence-electron chi connectivity index (χ4n) is 3.16. The van der Waals surface area contributed by atoms with E-state index in [0.717, 1.165) is 32.3 Å². The van der Waals surface area contributed by atoms with Crippen LogP contribution in [-0.2, 0) is 4.79 Å². The molecule has 4 N–H and O–H groups in total. The second kappa shape index (κ2) is 6.82. The fourth-order valence-corrected chi connectivity index (χ4v) is 3.16. The second-order valence-corrected chi connectivity index (χ2v) is 5.84. The Bertz CT molecular complexity index is 322. The van der Waals surface area contributed by atoms with Gasteiger partial charge in [-0.05, 0) is 18.8 Å². The number of rotatable bonds is 4. The molecule has 0 spiro atoms. The SMILES string of the molecule is O=CN1CCC(CN2C[C@H](O)[C@@H](O)[C@H](O)[C@H]2CO)CC1. The lowest BCUT2D eigenvalue weighted by molar-refractivity contribution is -0.148. The molecule has 0 bridgehead atoms. The van der Waals surface area contributed by atoms with E-state index >= 15 is 0 Å². The van der Waals surface area contributed by atoms with E-state index in [1.165, 1.54) is 0 Å². The van der Waals surface area contributed by atoms with Crippen molar-refractivity contribution >= 4 is 6.41 Å². The van der Waals surface area contributed by atoms with Gasteiger partial charge in [-0.15, -0.1) is 0 Å². The number of β-amino-alcohol motifs (C(OH)–C–C–N with tert-alkyl or cyclic N) is 1. The van der Waals surface area contributed by atoms with E-state index in [1.807, 2.05) is 4.90 Å². The first kappa shape index (κ1) is 15.7. The van der Waals surface area contributed by atoms with Crippen LogP contribution in [0.5, 0.6) is 0 Å². The number of hydrogen-bond acceptors (Lipinski definition) is 6. The second-order valence-electron chi connectivity index (χ2n) is 5.84. The molecule has 2 aliphatic rings. The zero-order chi connectivity index (χ0) is 14.7. The van der Waals surface area contributed by atoms with Crippen molar-refractivity contribution in [3.05, 3.63) is 0 Å². The van der Waals surface area contributed by atoms with Gasteiger partial charge in [-0.3, -0.25) is 9.69 Å². The third-order valence-corrected chi connectivity index (χ3v) is 4.51. The summed E-state index contributed by atoms with van der Waals surface area (Å²) < 4.78 is 0. The average Bonchev–Trinajstić information content (AvgIpc) is 2.46. The van der Waals surface area contributed by atoms with Gasteiger partial charge in [0, 0.05) is 26.2 Å². The van der Waals surface area contributed by atoms with E-state index in [1.54, 1.807) is 4.90 Å². The number of aliphatic hydroxyl groups excluding tert-OH is 4. The molecule has 116 valence electrons. The first-order valence-electron chi connectivity index (χ1n) is 7.15. The van der Waals surface area contributed by atoms with Crippen LogP contribution in [0.2, 0.25) is 0 Å². The van der Waals surface area contributed by atoms with E-state index < -0.39 is 24.4 Å². The Kier molecular flexibility index (Phi) is 5.34. The highest BCUT2D eigenvalue weighted by molar-refractivity contribution is 5.47. The predicted molar refractivity (Wildman–Crippen MR) is 70.8 cm³/mol. The first-order valence-corrected chi connectivity index (χ1v) is 7.15. The Morgan fingerprint density at radius 2 is 1.75 bits per heavy atom. The molecule has 4 atom stereocenters. The summed E-state index contributed by atoms with van der Waals surface area (Å²) in [4.78, 5) is 14.3. The van der Waals surface area contributed by atoms with Crippen molar-refractivity contribution in [3.63, 3.8) is 0 Å². The summed E-state index contributed by atoms with van der Waals surface area (Å²) in [6, 6.07) is -0.544.